The van der Waals surface area contributed by atoms with Crippen LogP contribution in [-0.4, -0.2) is 65.7 Å². The molecule has 0 bridgehead atoms. The second-order valence-electron chi connectivity index (χ2n) is 8.66. The van der Waals surface area contributed by atoms with Crippen molar-refractivity contribution < 1.29 is 17.6 Å². The number of sulfonamides is 1. The molecule has 5 rings (SSSR count). The van der Waals surface area contributed by atoms with Crippen molar-refractivity contribution in [2.75, 3.05) is 26.2 Å². The summed E-state index contributed by atoms with van der Waals surface area (Å²) in [7, 11) is -3.71. The maximum absolute atomic E-state index is 12.8. The maximum atomic E-state index is 12.8. The number of pyridine rings is 1. The fraction of sp³-hybridized carbons (Fsp3) is 0.455. The largest absolute Gasteiger partial charge is 0.438 e. The number of imidazole rings is 1. The molecule has 1 aliphatic heterocycles. The summed E-state index contributed by atoms with van der Waals surface area (Å²) >= 11 is 0. The molecule has 2 aliphatic rings. The molecule has 10 heteroatoms. The van der Waals surface area contributed by atoms with E-state index < -0.39 is 10.0 Å². The summed E-state index contributed by atoms with van der Waals surface area (Å²) in [6.07, 6.45) is 3.73. The first kappa shape index (κ1) is 21.2. The number of fused-ring (bicyclic) bond motifs is 1. The highest BCUT2D eigenvalue weighted by Crippen LogP contribution is 2.24. The fourth-order valence-electron chi connectivity index (χ4n) is 4.04. The van der Waals surface area contributed by atoms with E-state index in [1.54, 1.807) is 4.90 Å². The van der Waals surface area contributed by atoms with Crippen molar-refractivity contribution in [2.45, 2.75) is 44.4 Å². The van der Waals surface area contributed by atoms with Crippen LogP contribution in [0.3, 0.4) is 0 Å². The lowest BCUT2D eigenvalue weighted by atomic mass is 10.2. The highest BCUT2D eigenvalue weighted by Gasteiger charge is 2.31. The van der Waals surface area contributed by atoms with Gasteiger partial charge in [-0.3, -0.25) is 9.69 Å². The van der Waals surface area contributed by atoms with Crippen LogP contribution in [0.1, 0.15) is 40.3 Å². The average Bonchev–Trinajstić information content (AvgIpc) is 3.31. The van der Waals surface area contributed by atoms with E-state index in [1.807, 2.05) is 6.92 Å². The van der Waals surface area contributed by atoms with Gasteiger partial charge < -0.3 is 13.7 Å². The van der Waals surface area contributed by atoms with Gasteiger partial charge in [-0.05, 0) is 56.5 Å². The van der Waals surface area contributed by atoms with Crippen molar-refractivity contribution in [3.8, 4) is 0 Å². The van der Waals surface area contributed by atoms with E-state index in [1.165, 1.54) is 17.7 Å². The van der Waals surface area contributed by atoms with E-state index in [0.717, 1.165) is 49.5 Å². The van der Waals surface area contributed by atoms with E-state index in [4.69, 9.17) is 4.42 Å². The Morgan fingerprint density at radius 2 is 1.91 bits per heavy atom. The maximum Gasteiger partial charge on any atom is 0.289 e. The van der Waals surface area contributed by atoms with Gasteiger partial charge in [0.1, 0.15) is 5.65 Å². The van der Waals surface area contributed by atoms with Crippen LogP contribution < -0.4 is 4.72 Å². The molecule has 0 radical (unpaired) electrons. The molecule has 3 aromatic rings. The zero-order valence-electron chi connectivity index (χ0n) is 18.2. The van der Waals surface area contributed by atoms with Crippen LogP contribution in [-0.2, 0) is 16.6 Å². The van der Waals surface area contributed by atoms with Gasteiger partial charge in [-0.15, -0.1) is 0 Å². The first-order chi connectivity index (χ1) is 15.3. The lowest BCUT2D eigenvalue weighted by molar-refractivity contribution is 0.0590. The molecule has 9 nitrogen and oxygen atoms in total. The number of hydrogen-bond donors (Lipinski definition) is 1. The summed E-state index contributed by atoms with van der Waals surface area (Å²) in [5, 5.41) is -0.204. The summed E-state index contributed by atoms with van der Waals surface area (Å²) in [6.45, 7) is 7.39. The van der Waals surface area contributed by atoms with Crippen molar-refractivity contribution in [1.82, 2.24) is 23.9 Å². The van der Waals surface area contributed by atoms with E-state index in [9.17, 15) is 13.2 Å². The molecule has 1 amide bonds. The van der Waals surface area contributed by atoms with E-state index in [-0.39, 0.29) is 22.8 Å². The second kappa shape index (κ2) is 8.02. The molecule has 0 spiro atoms. The highest BCUT2D eigenvalue weighted by molar-refractivity contribution is 7.89. The smallest absolute Gasteiger partial charge is 0.289 e. The van der Waals surface area contributed by atoms with Gasteiger partial charge in [0.15, 0.2) is 5.76 Å². The van der Waals surface area contributed by atoms with Crippen LogP contribution in [0.5, 0.6) is 0 Å². The number of carbonyl (C=O) groups excluding carboxylic acids is 1. The van der Waals surface area contributed by atoms with Crippen LogP contribution in [0.15, 0.2) is 40.0 Å². The molecule has 32 heavy (non-hydrogen) atoms. The summed E-state index contributed by atoms with van der Waals surface area (Å²) in [5.74, 6) is -0.221. The molecular weight excluding hydrogens is 430 g/mol. The van der Waals surface area contributed by atoms with Gasteiger partial charge >= 0.3 is 0 Å². The minimum atomic E-state index is -3.71. The first-order valence-corrected chi connectivity index (χ1v) is 12.4. The molecular formula is C22H27N5O4S. The molecule has 1 saturated heterocycles. The second-order valence-corrected chi connectivity index (χ2v) is 10.3. The van der Waals surface area contributed by atoms with Gasteiger partial charge in [-0.25, -0.2) is 18.1 Å². The fourth-order valence-corrected chi connectivity index (χ4v) is 5.28. The third-order valence-electron chi connectivity index (χ3n) is 6.07. The molecule has 170 valence electrons. The molecule has 2 fully saturated rings. The Morgan fingerprint density at radius 1 is 1.16 bits per heavy atom. The van der Waals surface area contributed by atoms with Crippen molar-refractivity contribution in [3.05, 3.63) is 53.2 Å². The Hall–Kier alpha value is -2.69. The number of aryl methyl sites for hydroxylation is 2. The standard InChI is InChI=1S/C22H27N5O4S/c1-15-7-8-27-18(16(2)23-20(27)13-15)14-25-9-11-26(12-10-25)22(28)19-5-6-21(31-19)32(29,30)24-17-3-4-17/h5-8,13,17,24H,3-4,9-12,14H2,1-2H3. The van der Waals surface area contributed by atoms with E-state index in [0.29, 0.717) is 13.1 Å². The summed E-state index contributed by atoms with van der Waals surface area (Å²) in [5.41, 5.74) is 4.30. The van der Waals surface area contributed by atoms with Gasteiger partial charge in [-0.2, -0.15) is 0 Å². The molecule has 0 unspecified atom stereocenters. The molecule has 0 atom stereocenters. The predicted octanol–water partition coefficient (Wildman–Crippen LogP) is 1.94. The summed E-state index contributed by atoms with van der Waals surface area (Å²) < 4.78 is 34.7. The number of hydrogen-bond acceptors (Lipinski definition) is 6. The van der Waals surface area contributed by atoms with Gasteiger partial charge in [0, 0.05) is 45.0 Å². The number of aromatic nitrogens is 2. The number of nitrogens with zero attached hydrogens (tertiary/aromatic N) is 4. The molecule has 1 N–H and O–H groups in total. The third kappa shape index (κ3) is 4.17. The average molecular weight is 458 g/mol. The van der Waals surface area contributed by atoms with E-state index >= 15 is 0 Å². The zero-order valence-corrected chi connectivity index (χ0v) is 19.1. The van der Waals surface area contributed by atoms with Crippen LogP contribution >= 0.6 is 0 Å². The lowest BCUT2D eigenvalue weighted by Gasteiger charge is -2.34. The van der Waals surface area contributed by atoms with Gasteiger partial charge in [-0.1, -0.05) is 0 Å². The number of nitrogens with one attached hydrogen (secondary N) is 1. The lowest BCUT2D eigenvalue weighted by Crippen LogP contribution is -2.48. The SMILES string of the molecule is Cc1ccn2c(CN3CCN(C(=O)c4ccc(S(=O)(=O)NC5CC5)o4)CC3)c(C)nc2c1. The molecule has 3 aromatic heterocycles. The van der Waals surface area contributed by atoms with Crippen LogP contribution in [0.4, 0.5) is 0 Å². The summed E-state index contributed by atoms with van der Waals surface area (Å²) in [4.78, 5) is 21.5. The van der Waals surface area contributed by atoms with Gasteiger partial charge in [0.2, 0.25) is 5.09 Å². The number of furan rings is 1. The molecule has 0 aromatic carbocycles. The molecule has 1 aliphatic carbocycles. The molecule has 4 heterocycles. The minimum Gasteiger partial charge on any atom is -0.438 e. The minimum absolute atomic E-state index is 0.0158. The number of amides is 1. The first-order valence-electron chi connectivity index (χ1n) is 10.9. The topological polar surface area (TPSA) is 100 Å². The number of rotatable bonds is 6. The predicted molar refractivity (Wildman–Crippen MR) is 118 cm³/mol. The van der Waals surface area contributed by atoms with Crippen molar-refractivity contribution in [3.63, 3.8) is 0 Å². The van der Waals surface area contributed by atoms with Crippen LogP contribution in [0, 0.1) is 13.8 Å². The highest BCUT2D eigenvalue weighted by atomic mass is 32.2. The Bertz CT molecular complexity index is 1270. The Labute approximate surface area is 187 Å². The monoisotopic (exact) mass is 457 g/mol. The normalized spacial score (nSPS) is 17.9. The van der Waals surface area contributed by atoms with Crippen molar-refractivity contribution >= 4 is 21.6 Å². The Morgan fingerprint density at radius 3 is 2.62 bits per heavy atom. The molecule has 1 saturated carbocycles. The summed E-state index contributed by atoms with van der Waals surface area (Å²) in [6, 6.07) is 6.93. The Kier molecular flexibility index (Phi) is 5.31. The Balaban J connectivity index is 1.22. The van der Waals surface area contributed by atoms with Crippen molar-refractivity contribution in [1.29, 1.82) is 0 Å². The number of piperazine rings is 1. The van der Waals surface area contributed by atoms with Crippen LogP contribution in [0.2, 0.25) is 0 Å². The van der Waals surface area contributed by atoms with Gasteiger partial charge in [0.05, 0.1) is 11.4 Å². The quantitative estimate of drug-likeness (QED) is 0.607. The van der Waals surface area contributed by atoms with Crippen LogP contribution in [0.25, 0.3) is 5.65 Å². The third-order valence-corrected chi connectivity index (χ3v) is 7.46. The zero-order chi connectivity index (χ0) is 22.5. The van der Waals surface area contributed by atoms with Gasteiger partial charge in [0.25, 0.3) is 15.9 Å². The van der Waals surface area contributed by atoms with E-state index in [2.05, 4.69) is 44.3 Å². The van der Waals surface area contributed by atoms with Crippen molar-refractivity contribution in [2.24, 2.45) is 0 Å². The number of carbonyl (C=O) groups is 1.